The fourth-order valence-electron chi connectivity index (χ4n) is 3.23. The number of nitrogens with zero attached hydrogens (tertiary/aromatic N) is 1. The molecule has 1 N–H and O–H groups in total. The molecule has 2 aromatic carbocycles. The van der Waals surface area contributed by atoms with Crippen molar-refractivity contribution in [2.24, 2.45) is 0 Å². The molecule has 3 rings (SSSR count). The van der Waals surface area contributed by atoms with Crippen molar-refractivity contribution in [2.45, 2.75) is 30.6 Å². The average molecular weight is 399 g/mol. The number of rotatable bonds is 6. The van der Waals surface area contributed by atoms with E-state index in [1.807, 2.05) is 41.3 Å². The molecular formula is C22H26N2O3S. The molecule has 2 amide bonds. The van der Waals surface area contributed by atoms with Gasteiger partial charge >= 0.3 is 0 Å². The van der Waals surface area contributed by atoms with Gasteiger partial charge in [-0.25, -0.2) is 0 Å². The Morgan fingerprint density at radius 3 is 2.36 bits per heavy atom. The van der Waals surface area contributed by atoms with E-state index in [1.54, 1.807) is 19.2 Å². The summed E-state index contributed by atoms with van der Waals surface area (Å²) in [5, 5.41) is 2.91. The van der Waals surface area contributed by atoms with Gasteiger partial charge in [0.05, 0.1) is 24.1 Å². The first-order valence-corrected chi connectivity index (χ1v) is 10.6. The van der Waals surface area contributed by atoms with Gasteiger partial charge in [-0.15, -0.1) is 11.8 Å². The number of benzene rings is 2. The molecule has 0 saturated carbocycles. The summed E-state index contributed by atoms with van der Waals surface area (Å²) in [5.74, 6) is 0.936. The predicted molar refractivity (Wildman–Crippen MR) is 113 cm³/mol. The number of para-hydroxylation sites is 1. The Hall–Kier alpha value is -2.47. The fraction of sp³-hybridized carbons (Fsp3) is 0.364. The van der Waals surface area contributed by atoms with E-state index in [0.717, 1.165) is 36.6 Å². The third-order valence-corrected chi connectivity index (χ3v) is 5.77. The van der Waals surface area contributed by atoms with E-state index < -0.39 is 0 Å². The number of nitrogens with one attached hydrogen (secondary N) is 1. The minimum atomic E-state index is -0.128. The monoisotopic (exact) mass is 398 g/mol. The lowest BCUT2D eigenvalue weighted by Crippen LogP contribution is -2.32. The Morgan fingerprint density at radius 2 is 1.68 bits per heavy atom. The van der Waals surface area contributed by atoms with Gasteiger partial charge in [0.25, 0.3) is 5.91 Å². The Balaban J connectivity index is 1.61. The maximum atomic E-state index is 13.0. The van der Waals surface area contributed by atoms with E-state index in [-0.39, 0.29) is 17.6 Å². The third-order valence-electron chi connectivity index (χ3n) is 4.75. The minimum Gasteiger partial charge on any atom is -0.497 e. The second-order valence-corrected chi connectivity index (χ2v) is 7.81. The number of hydrogen-bond donors (Lipinski definition) is 1. The Bertz CT molecular complexity index is 800. The zero-order valence-corrected chi connectivity index (χ0v) is 17.0. The number of amides is 2. The van der Waals surface area contributed by atoms with E-state index in [9.17, 15) is 9.59 Å². The number of hydrogen-bond acceptors (Lipinski definition) is 4. The highest BCUT2D eigenvalue weighted by Crippen LogP contribution is 2.23. The number of carbonyl (C=O) groups is 2. The van der Waals surface area contributed by atoms with Crippen LogP contribution < -0.4 is 10.1 Å². The molecule has 1 aliphatic heterocycles. The van der Waals surface area contributed by atoms with Gasteiger partial charge in [0, 0.05) is 18.0 Å². The van der Waals surface area contributed by atoms with Gasteiger partial charge in [0.2, 0.25) is 5.91 Å². The zero-order chi connectivity index (χ0) is 19.8. The lowest BCUT2D eigenvalue weighted by atomic mass is 10.1. The molecule has 1 heterocycles. The summed E-state index contributed by atoms with van der Waals surface area (Å²) in [6, 6.07) is 14.9. The van der Waals surface area contributed by atoms with E-state index in [4.69, 9.17) is 4.74 Å². The SMILES string of the molecule is COc1ccc(SCC(=O)Nc2ccccc2C(=O)N2CCCCCC2)cc1. The third kappa shape index (κ3) is 5.52. The molecule has 6 heteroatoms. The van der Waals surface area contributed by atoms with Crippen LogP contribution in [0.1, 0.15) is 36.0 Å². The van der Waals surface area contributed by atoms with E-state index in [2.05, 4.69) is 5.32 Å². The summed E-state index contributed by atoms with van der Waals surface area (Å²) in [6.07, 6.45) is 4.42. The van der Waals surface area contributed by atoms with Crippen LogP contribution >= 0.6 is 11.8 Å². The molecule has 0 aliphatic carbocycles. The second kappa shape index (κ2) is 10.2. The van der Waals surface area contributed by atoms with Crippen LogP contribution in [0.2, 0.25) is 0 Å². The highest BCUT2D eigenvalue weighted by molar-refractivity contribution is 8.00. The first-order valence-electron chi connectivity index (χ1n) is 9.62. The van der Waals surface area contributed by atoms with Crippen molar-refractivity contribution >= 4 is 29.3 Å². The fourth-order valence-corrected chi connectivity index (χ4v) is 3.93. The molecule has 0 bridgehead atoms. The quantitative estimate of drug-likeness (QED) is 0.731. The smallest absolute Gasteiger partial charge is 0.255 e. The summed E-state index contributed by atoms with van der Waals surface area (Å²) >= 11 is 1.45. The van der Waals surface area contributed by atoms with Gasteiger partial charge in [-0.3, -0.25) is 9.59 Å². The van der Waals surface area contributed by atoms with Gasteiger partial charge in [-0.1, -0.05) is 25.0 Å². The number of methoxy groups -OCH3 is 1. The molecular weight excluding hydrogens is 372 g/mol. The van der Waals surface area contributed by atoms with Crippen molar-refractivity contribution in [1.82, 2.24) is 4.90 Å². The Labute approximate surface area is 170 Å². The lowest BCUT2D eigenvalue weighted by Gasteiger charge is -2.22. The van der Waals surface area contributed by atoms with Gasteiger partial charge < -0.3 is 15.0 Å². The van der Waals surface area contributed by atoms with Crippen molar-refractivity contribution in [3.05, 3.63) is 54.1 Å². The van der Waals surface area contributed by atoms with Gasteiger partial charge in [0.1, 0.15) is 5.75 Å². The Kier molecular flexibility index (Phi) is 7.37. The predicted octanol–water partition coefficient (Wildman–Crippen LogP) is 4.44. The van der Waals surface area contributed by atoms with Crippen LogP contribution in [0.25, 0.3) is 0 Å². The standard InChI is InChI=1S/C22H26N2O3S/c1-27-17-10-12-18(13-11-17)28-16-21(25)23-20-9-5-4-8-19(20)22(26)24-14-6-2-3-7-15-24/h4-5,8-13H,2-3,6-7,14-16H2,1H3,(H,23,25). The van der Waals surface area contributed by atoms with E-state index in [0.29, 0.717) is 11.3 Å². The largest absolute Gasteiger partial charge is 0.497 e. The van der Waals surface area contributed by atoms with Crippen LogP contribution in [0, 0.1) is 0 Å². The van der Waals surface area contributed by atoms with Crippen molar-refractivity contribution < 1.29 is 14.3 Å². The van der Waals surface area contributed by atoms with Crippen molar-refractivity contribution in [3.63, 3.8) is 0 Å². The van der Waals surface area contributed by atoms with Gasteiger partial charge in [-0.2, -0.15) is 0 Å². The second-order valence-electron chi connectivity index (χ2n) is 6.76. The highest BCUT2D eigenvalue weighted by atomic mass is 32.2. The molecule has 0 atom stereocenters. The number of anilines is 1. The molecule has 1 saturated heterocycles. The normalized spacial score (nSPS) is 14.2. The molecule has 0 aromatic heterocycles. The summed E-state index contributed by atoms with van der Waals surface area (Å²) in [4.78, 5) is 28.3. The molecule has 28 heavy (non-hydrogen) atoms. The molecule has 5 nitrogen and oxygen atoms in total. The van der Waals surface area contributed by atoms with Crippen LogP contribution in [0.5, 0.6) is 5.75 Å². The van der Waals surface area contributed by atoms with E-state index >= 15 is 0 Å². The van der Waals surface area contributed by atoms with Gasteiger partial charge in [0.15, 0.2) is 0 Å². The van der Waals surface area contributed by atoms with Crippen LogP contribution in [0.3, 0.4) is 0 Å². The maximum Gasteiger partial charge on any atom is 0.255 e. The van der Waals surface area contributed by atoms with Crippen LogP contribution in [0.4, 0.5) is 5.69 Å². The van der Waals surface area contributed by atoms with Gasteiger partial charge in [-0.05, 0) is 49.2 Å². The molecule has 148 valence electrons. The topological polar surface area (TPSA) is 58.6 Å². The molecule has 0 unspecified atom stereocenters. The van der Waals surface area contributed by atoms with Crippen LogP contribution in [0.15, 0.2) is 53.4 Å². The molecule has 0 spiro atoms. The first-order chi connectivity index (χ1) is 13.7. The van der Waals surface area contributed by atoms with Crippen LogP contribution in [-0.4, -0.2) is 42.7 Å². The van der Waals surface area contributed by atoms with Crippen molar-refractivity contribution in [1.29, 1.82) is 0 Å². The maximum absolute atomic E-state index is 13.0. The molecule has 1 fully saturated rings. The zero-order valence-electron chi connectivity index (χ0n) is 16.1. The summed E-state index contributed by atoms with van der Waals surface area (Å²) < 4.78 is 5.14. The number of carbonyl (C=O) groups excluding carboxylic acids is 2. The molecule has 0 radical (unpaired) electrons. The summed E-state index contributed by atoms with van der Waals surface area (Å²) in [6.45, 7) is 1.57. The number of thioether (sulfide) groups is 1. The van der Waals surface area contributed by atoms with Crippen molar-refractivity contribution in [3.8, 4) is 5.75 Å². The lowest BCUT2D eigenvalue weighted by molar-refractivity contribution is -0.113. The van der Waals surface area contributed by atoms with E-state index in [1.165, 1.54) is 24.6 Å². The first kappa shape index (κ1) is 20.3. The summed E-state index contributed by atoms with van der Waals surface area (Å²) in [5.41, 5.74) is 1.14. The number of likely N-dealkylation sites (tertiary alicyclic amines) is 1. The van der Waals surface area contributed by atoms with Crippen molar-refractivity contribution in [2.75, 3.05) is 31.3 Å². The average Bonchev–Trinajstić information content (AvgIpc) is 3.02. The molecule has 1 aliphatic rings. The summed E-state index contributed by atoms with van der Waals surface area (Å²) in [7, 11) is 1.62. The highest BCUT2D eigenvalue weighted by Gasteiger charge is 2.20. The number of ether oxygens (including phenoxy) is 1. The minimum absolute atomic E-state index is 0.000562. The van der Waals surface area contributed by atoms with Crippen LogP contribution in [-0.2, 0) is 4.79 Å². The molecule has 2 aromatic rings. The Morgan fingerprint density at radius 1 is 1.00 bits per heavy atom.